The van der Waals surface area contributed by atoms with Crippen LogP contribution in [0.4, 0.5) is 13.2 Å². The number of carbonyl (C=O) groups is 1. The average Bonchev–Trinajstić information content (AvgIpc) is 3.01. The lowest BCUT2D eigenvalue weighted by atomic mass is 10.0. The number of benzene rings is 1. The summed E-state index contributed by atoms with van der Waals surface area (Å²) < 4.78 is 44.0. The SMILES string of the molecule is CC(c1cccc(C(F)(F)F)c1)N(C)C(=O)[C@@H]1CC[C@H](CN)O1.Cl. The molecule has 1 fully saturated rings. The van der Waals surface area contributed by atoms with E-state index in [1.54, 1.807) is 20.0 Å². The van der Waals surface area contributed by atoms with Gasteiger partial charge in [-0.2, -0.15) is 13.2 Å². The summed E-state index contributed by atoms with van der Waals surface area (Å²) in [5.41, 5.74) is 5.24. The third-order valence-corrected chi connectivity index (χ3v) is 4.27. The zero-order chi connectivity index (χ0) is 17.2. The summed E-state index contributed by atoms with van der Waals surface area (Å²) in [6.45, 7) is 2.05. The van der Waals surface area contributed by atoms with Gasteiger partial charge in [-0.3, -0.25) is 4.79 Å². The molecule has 8 heteroatoms. The number of rotatable bonds is 4. The molecule has 0 aliphatic carbocycles. The first-order valence-electron chi connectivity index (χ1n) is 7.53. The van der Waals surface area contributed by atoms with Crippen LogP contribution in [0.2, 0.25) is 0 Å². The fraction of sp³-hybridized carbons (Fsp3) is 0.562. The van der Waals surface area contributed by atoms with Crippen molar-refractivity contribution in [2.24, 2.45) is 5.73 Å². The van der Waals surface area contributed by atoms with Crippen molar-refractivity contribution in [3.63, 3.8) is 0 Å². The largest absolute Gasteiger partial charge is 0.416 e. The first-order chi connectivity index (χ1) is 10.7. The van der Waals surface area contributed by atoms with Crippen LogP contribution >= 0.6 is 12.4 Å². The quantitative estimate of drug-likeness (QED) is 0.890. The molecule has 1 heterocycles. The van der Waals surface area contributed by atoms with Crippen LogP contribution in [0.1, 0.15) is 36.9 Å². The van der Waals surface area contributed by atoms with Crippen molar-refractivity contribution in [1.29, 1.82) is 0 Å². The van der Waals surface area contributed by atoms with Crippen molar-refractivity contribution in [3.05, 3.63) is 35.4 Å². The lowest BCUT2D eigenvalue weighted by molar-refractivity contribution is -0.143. The summed E-state index contributed by atoms with van der Waals surface area (Å²) in [6, 6.07) is 4.55. The zero-order valence-electron chi connectivity index (χ0n) is 13.5. The highest BCUT2D eigenvalue weighted by Gasteiger charge is 2.34. The number of amides is 1. The molecule has 136 valence electrons. The highest BCUT2D eigenvalue weighted by molar-refractivity contribution is 5.85. The number of likely N-dealkylation sites (N-methyl/N-ethyl adjacent to an activating group) is 1. The molecule has 1 saturated heterocycles. The Morgan fingerprint density at radius 2 is 2.08 bits per heavy atom. The minimum Gasteiger partial charge on any atom is -0.364 e. The number of nitrogens with two attached hydrogens (primary N) is 1. The van der Waals surface area contributed by atoms with Crippen molar-refractivity contribution in [3.8, 4) is 0 Å². The van der Waals surface area contributed by atoms with Gasteiger partial charge in [0, 0.05) is 13.6 Å². The maximum atomic E-state index is 12.8. The molecule has 1 aromatic rings. The van der Waals surface area contributed by atoms with Crippen LogP contribution < -0.4 is 5.73 Å². The number of hydrogen-bond acceptors (Lipinski definition) is 3. The predicted molar refractivity (Wildman–Crippen MR) is 86.8 cm³/mol. The predicted octanol–water partition coefficient (Wildman–Crippen LogP) is 3.15. The first-order valence-corrected chi connectivity index (χ1v) is 7.53. The Kier molecular flexibility index (Phi) is 7.07. The summed E-state index contributed by atoms with van der Waals surface area (Å²) in [6.07, 6.45) is -3.79. The van der Waals surface area contributed by atoms with Gasteiger partial charge in [0.15, 0.2) is 0 Å². The van der Waals surface area contributed by atoms with Crippen LogP contribution in [0.25, 0.3) is 0 Å². The Morgan fingerprint density at radius 1 is 1.42 bits per heavy atom. The summed E-state index contributed by atoms with van der Waals surface area (Å²) in [7, 11) is 1.58. The van der Waals surface area contributed by atoms with Crippen LogP contribution in [0.3, 0.4) is 0 Å². The monoisotopic (exact) mass is 366 g/mol. The third kappa shape index (κ3) is 4.62. The maximum absolute atomic E-state index is 12.8. The van der Waals surface area contributed by atoms with Crippen molar-refractivity contribution in [1.82, 2.24) is 4.90 Å². The van der Waals surface area contributed by atoms with Gasteiger partial charge in [0.1, 0.15) is 6.10 Å². The average molecular weight is 367 g/mol. The molecular weight excluding hydrogens is 345 g/mol. The fourth-order valence-corrected chi connectivity index (χ4v) is 2.68. The second-order valence-electron chi connectivity index (χ2n) is 5.81. The van der Waals surface area contributed by atoms with Crippen LogP contribution in [0, 0.1) is 0 Å². The topological polar surface area (TPSA) is 55.6 Å². The minimum atomic E-state index is -4.40. The molecule has 0 spiro atoms. The molecule has 1 aliphatic heterocycles. The van der Waals surface area contributed by atoms with Gasteiger partial charge in [-0.15, -0.1) is 12.4 Å². The molecule has 0 aromatic heterocycles. The number of alkyl halides is 3. The third-order valence-electron chi connectivity index (χ3n) is 4.27. The van der Waals surface area contributed by atoms with Gasteiger partial charge in [0.05, 0.1) is 17.7 Å². The van der Waals surface area contributed by atoms with E-state index in [0.717, 1.165) is 18.6 Å². The van der Waals surface area contributed by atoms with Crippen molar-refractivity contribution < 1.29 is 22.7 Å². The highest BCUT2D eigenvalue weighted by Crippen LogP contribution is 2.32. The minimum absolute atomic E-state index is 0. The van der Waals surface area contributed by atoms with Crippen LogP contribution in [0.5, 0.6) is 0 Å². The second-order valence-corrected chi connectivity index (χ2v) is 5.81. The van der Waals surface area contributed by atoms with E-state index in [4.69, 9.17) is 10.5 Å². The highest BCUT2D eigenvalue weighted by atomic mass is 35.5. The van der Waals surface area contributed by atoms with E-state index >= 15 is 0 Å². The summed E-state index contributed by atoms with van der Waals surface area (Å²) >= 11 is 0. The maximum Gasteiger partial charge on any atom is 0.416 e. The van der Waals surface area contributed by atoms with Gasteiger partial charge in [0.25, 0.3) is 5.91 Å². The molecule has 3 atom stereocenters. The molecule has 0 bridgehead atoms. The van der Waals surface area contributed by atoms with Crippen LogP contribution in [-0.2, 0) is 15.7 Å². The van der Waals surface area contributed by atoms with Gasteiger partial charge in [-0.05, 0) is 37.5 Å². The smallest absolute Gasteiger partial charge is 0.364 e. The Labute approximate surface area is 145 Å². The van der Waals surface area contributed by atoms with E-state index in [1.165, 1.54) is 11.0 Å². The Bertz CT molecular complexity index is 568. The van der Waals surface area contributed by atoms with Gasteiger partial charge in [-0.1, -0.05) is 12.1 Å². The number of carbonyl (C=O) groups excluding carboxylic acids is 1. The zero-order valence-corrected chi connectivity index (χ0v) is 14.4. The summed E-state index contributed by atoms with van der Waals surface area (Å²) in [4.78, 5) is 13.9. The molecule has 4 nitrogen and oxygen atoms in total. The molecule has 24 heavy (non-hydrogen) atoms. The van der Waals surface area contributed by atoms with Gasteiger partial charge in [-0.25, -0.2) is 0 Å². The first kappa shape index (κ1) is 20.7. The Hall–Kier alpha value is -1.31. The van der Waals surface area contributed by atoms with E-state index < -0.39 is 23.9 Å². The van der Waals surface area contributed by atoms with Crippen molar-refractivity contribution >= 4 is 18.3 Å². The van der Waals surface area contributed by atoms with E-state index in [1.807, 2.05) is 0 Å². The normalized spacial score (nSPS) is 21.9. The van der Waals surface area contributed by atoms with E-state index in [2.05, 4.69) is 0 Å². The lowest BCUT2D eigenvalue weighted by Gasteiger charge is -2.28. The molecule has 2 rings (SSSR count). The lowest BCUT2D eigenvalue weighted by Crippen LogP contribution is -2.38. The van der Waals surface area contributed by atoms with E-state index in [0.29, 0.717) is 18.5 Å². The van der Waals surface area contributed by atoms with Gasteiger partial charge >= 0.3 is 6.18 Å². The summed E-state index contributed by atoms with van der Waals surface area (Å²) in [5, 5.41) is 0. The number of ether oxygens (including phenoxy) is 1. The summed E-state index contributed by atoms with van der Waals surface area (Å²) in [5.74, 6) is -0.231. The van der Waals surface area contributed by atoms with E-state index in [9.17, 15) is 18.0 Å². The fourth-order valence-electron chi connectivity index (χ4n) is 2.68. The molecule has 1 amide bonds. The number of halogens is 4. The molecule has 2 N–H and O–H groups in total. The van der Waals surface area contributed by atoms with Crippen molar-refractivity contribution in [2.45, 2.75) is 44.2 Å². The Morgan fingerprint density at radius 3 is 2.62 bits per heavy atom. The van der Waals surface area contributed by atoms with Crippen LogP contribution in [0.15, 0.2) is 24.3 Å². The number of nitrogens with zero attached hydrogens (tertiary/aromatic N) is 1. The van der Waals surface area contributed by atoms with Gasteiger partial charge in [0.2, 0.25) is 0 Å². The molecular formula is C16H22ClF3N2O2. The van der Waals surface area contributed by atoms with E-state index in [-0.39, 0.29) is 24.4 Å². The second kappa shape index (κ2) is 8.18. The molecule has 1 aliphatic rings. The molecule has 0 radical (unpaired) electrons. The van der Waals surface area contributed by atoms with Gasteiger partial charge < -0.3 is 15.4 Å². The standard InChI is InChI=1S/C16H21F3N2O2.ClH/c1-10(11-4-3-5-12(8-11)16(17,18)19)21(2)15(22)14-7-6-13(9-20)23-14;/h3-5,8,10,13-14H,6-7,9,20H2,1-2H3;1H/t10?,13-,14+;/m1./s1. The Balaban J connectivity index is 0.00000288. The molecule has 1 aromatic carbocycles. The molecule has 1 unspecified atom stereocenters. The van der Waals surface area contributed by atoms with Crippen molar-refractivity contribution in [2.75, 3.05) is 13.6 Å². The molecule has 0 saturated carbocycles. The number of hydrogen-bond donors (Lipinski definition) is 1. The van der Waals surface area contributed by atoms with Crippen LogP contribution in [-0.4, -0.2) is 36.6 Å².